The Kier molecular flexibility index (Phi) is 7.09. The van der Waals surface area contributed by atoms with Gasteiger partial charge < -0.3 is 10.1 Å². The average Bonchev–Trinajstić information content (AvgIpc) is 3.52. The molecule has 0 saturated carbocycles. The molecule has 0 unspecified atom stereocenters. The number of ether oxygens (including phenoxy) is 1. The van der Waals surface area contributed by atoms with Crippen LogP contribution >= 0.6 is 22.7 Å². The smallest absolute Gasteiger partial charge is 0.340 e. The summed E-state index contributed by atoms with van der Waals surface area (Å²) in [5, 5.41) is 6.40. The van der Waals surface area contributed by atoms with Gasteiger partial charge in [0.1, 0.15) is 12.4 Å². The Hall–Kier alpha value is -3.89. The van der Waals surface area contributed by atoms with E-state index in [1.807, 2.05) is 0 Å². The molecule has 0 aliphatic heterocycles. The molecule has 0 saturated heterocycles. The molecule has 0 aliphatic rings. The second-order valence-electron chi connectivity index (χ2n) is 6.98. The maximum absolute atomic E-state index is 14.2. The second kappa shape index (κ2) is 10.4. The van der Waals surface area contributed by atoms with Crippen LogP contribution in [0, 0.1) is 5.82 Å². The fraction of sp³-hybridized carbons (Fsp3) is 0.0833. The molecule has 34 heavy (non-hydrogen) atoms. The molecule has 2 heterocycles. The molecule has 1 N–H and O–H groups in total. The monoisotopic (exact) mass is 495 g/mol. The van der Waals surface area contributed by atoms with Crippen molar-refractivity contribution in [1.82, 2.24) is 4.98 Å². The van der Waals surface area contributed by atoms with E-state index in [2.05, 4.69) is 10.3 Å². The van der Waals surface area contributed by atoms with Crippen molar-refractivity contribution in [2.24, 2.45) is 0 Å². The Labute approximate surface area is 202 Å². The summed E-state index contributed by atoms with van der Waals surface area (Å²) in [7, 11) is 0. The first kappa shape index (κ1) is 23.3. The van der Waals surface area contributed by atoms with Crippen LogP contribution in [0.25, 0.3) is 0 Å². The predicted octanol–water partition coefficient (Wildman–Crippen LogP) is 5.64. The van der Waals surface area contributed by atoms with Crippen LogP contribution in [0.2, 0.25) is 0 Å². The fourth-order valence-electron chi connectivity index (χ4n) is 3.08. The molecule has 0 radical (unpaired) electrons. The first-order valence-corrected chi connectivity index (χ1v) is 11.8. The Balaban J connectivity index is 1.46. The van der Waals surface area contributed by atoms with Crippen LogP contribution in [0.3, 0.4) is 0 Å². The van der Waals surface area contributed by atoms with Crippen molar-refractivity contribution in [2.45, 2.75) is 13.5 Å². The fourth-order valence-corrected chi connectivity index (χ4v) is 4.57. The van der Waals surface area contributed by atoms with Crippen molar-refractivity contribution in [1.29, 1.82) is 0 Å². The van der Waals surface area contributed by atoms with Gasteiger partial charge in [0.25, 0.3) is 5.91 Å². The summed E-state index contributed by atoms with van der Waals surface area (Å²) in [6.07, 6.45) is 0. The lowest BCUT2D eigenvalue weighted by molar-refractivity contribution is -0.115. The van der Waals surface area contributed by atoms with E-state index in [4.69, 9.17) is 4.74 Å². The third-order valence-electron chi connectivity index (χ3n) is 4.63. The van der Waals surface area contributed by atoms with Crippen LogP contribution in [-0.2, 0) is 16.1 Å². The number of carbonyl (C=O) groups excluding carboxylic acids is 3. The molecule has 2 aromatic heterocycles. The number of carbonyl (C=O) groups is 3. The first-order chi connectivity index (χ1) is 16.4. The maximum atomic E-state index is 14.2. The molecule has 2 amide bonds. The number of rotatable bonds is 7. The van der Waals surface area contributed by atoms with Crippen LogP contribution in [0.1, 0.15) is 32.6 Å². The predicted molar refractivity (Wildman–Crippen MR) is 129 cm³/mol. The highest BCUT2D eigenvalue weighted by Crippen LogP contribution is 2.31. The van der Waals surface area contributed by atoms with E-state index in [-0.39, 0.29) is 28.9 Å². The quantitative estimate of drug-likeness (QED) is 0.335. The van der Waals surface area contributed by atoms with Crippen molar-refractivity contribution in [2.75, 3.05) is 10.2 Å². The number of benzene rings is 2. The molecular formula is C24H18FN3O4S2. The molecule has 0 fully saturated rings. The molecule has 0 spiro atoms. The normalized spacial score (nSPS) is 10.5. The minimum absolute atomic E-state index is 0.0864. The van der Waals surface area contributed by atoms with Crippen molar-refractivity contribution in [3.8, 4) is 0 Å². The highest BCUT2D eigenvalue weighted by molar-refractivity contribution is 7.14. The third-order valence-corrected chi connectivity index (χ3v) is 6.37. The summed E-state index contributed by atoms with van der Waals surface area (Å²) < 4.78 is 19.6. The topological polar surface area (TPSA) is 88.6 Å². The number of hydrogen-bond acceptors (Lipinski definition) is 7. The van der Waals surface area contributed by atoms with Gasteiger partial charge in [0.15, 0.2) is 5.13 Å². The molecule has 10 heteroatoms. The number of anilines is 3. The van der Waals surface area contributed by atoms with Gasteiger partial charge in [0.2, 0.25) is 5.91 Å². The number of hydrogen-bond donors (Lipinski definition) is 1. The van der Waals surface area contributed by atoms with Gasteiger partial charge >= 0.3 is 5.97 Å². The number of thiophene rings is 1. The van der Waals surface area contributed by atoms with E-state index in [0.717, 1.165) is 11.3 Å². The first-order valence-electron chi connectivity index (χ1n) is 10.0. The minimum atomic E-state index is -0.644. The summed E-state index contributed by atoms with van der Waals surface area (Å²) in [5.41, 5.74) is 1.01. The highest BCUT2D eigenvalue weighted by Gasteiger charge is 2.22. The maximum Gasteiger partial charge on any atom is 0.340 e. The number of halogens is 1. The summed E-state index contributed by atoms with van der Waals surface area (Å²) in [5.74, 6) is -1.92. The summed E-state index contributed by atoms with van der Waals surface area (Å²) in [4.78, 5) is 43.3. The van der Waals surface area contributed by atoms with Crippen LogP contribution in [0.15, 0.2) is 71.4 Å². The number of nitrogens with one attached hydrogen (secondary N) is 1. The lowest BCUT2D eigenvalue weighted by Gasteiger charge is -2.18. The number of thiazole rings is 1. The lowest BCUT2D eigenvalue weighted by Crippen LogP contribution is -2.23. The van der Waals surface area contributed by atoms with Gasteiger partial charge in [-0.05, 0) is 35.7 Å². The Morgan fingerprint density at radius 2 is 1.79 bits per heavy atom. The summed E-state index contributed by atoms with van der Waals surface area (Å²) >= 11 is 2.42. The van der Waals surface area contributed by atoms with Crippen LogP contribution in [0.5, 0.6) is 0 Å². The van der Waals surface area contributed by atoms with E-state index < -0.39 is 17.7 Å². The molecule has 4 aromatic rings. The van der Waals surface area contributed by atoms with Gasteiger partial charge in [0.05, 0.1) is 27.5 Å². The number of para-hydroxylation sites is 2. The van der Waals surface area contributed by atoms with Gasteiger partial charge in [0, 0.05) is 12.3 Å². The molecule has 7 nitrogen and oxygen atoms in total. The highest BCUT2D eigenvalue weighted by atomic mass is 32.1. The van der Waals surface area contributed by atoms with Crippen molar-refractivity contribution in [3.63, 3.8) is 0 Å². The number of esters is 1. The second-order valence-corrected chi connectivity index (χ2v) is 8.76. The van der Waals surface area contributed by atoms with Crippen LogP contribution in [0.4, 0.5) is 20.9 Å². The zero-order valence-electron chi connectivity index (χ0n) is 17.9. The molecule has 0 aliphatic carbocycles. The molecule has 0 atom stereocenters. The third kappa shape index (κ3) is 5.19. The van der Waals surface area contributed by atoms with Crippen molar-refractivity contribution >= 4 is 57.0 Å². The standard InChI is InChI=1S/C24H18FN3O4S2/c1-15(29)28(20-10-5-3-8-18(20)25)24-26-16(14-34-24)13-32-23(31)17-7-2-4-9-19(17)27-22(30)21-11-6-12-33-21/h2-12,14H,13H2,1H3,(H,27,30). The molecule has 2 aromatic carbocycles. The van der Waals surface area contributed by atoms with Crippen molar-refractivity contribution < 1.29 is 23.5 Å². The van der Waals surface area contributed by atoms with E-state index in [1.165, 1.54) is 41.4 Å². The molecule has 172 valence electrons. The van der Waals surface area contributed by atoms with Gasteiger partial charge in [-0.25, -0.2) is 14.2 Å². The average molecular weight is 496 g/mol. The number of amides is 2. The van der Waals surface area contributed by atoms with E-state index in [9.17, 15) is 18.8 Å². The number of aromatic nitrogens is 1. The van der Waals surface area contributed by atoms with E-state index in [1.54, 1.807) is 53.2 Å². The van der Waals surface area contributed by atoms with E-state index in [0.29, 0.717) is 16.3 Å². The number of nitrogens with zero attached hydrogens (tertiary/aromatic N) is 2. The molecular weight excluding hydrogens is 477 g/mol. The zero-order valence-corrected chi connectivity index (χ0v) is 19.5. The van der Waals surface area contributed by atoms with Gasteiger partial charge in [-0.1, -0.05) is 30.3 Å². The van der Waals surface area contributed by atoms with Crippen LogP contribution < -0.4 is 10.2 Å². The lowest BCUT2D eigenvalue weighted by atomic mass is 10.1. The Morgan fingerprint density at radius 3 is 2.53 bits per heavy atom. The SMILES string of the molecule is CC(=O)N(c1nc(COC(=O)c2ccccc2NC(=O)c2cccs2)cs1)c1ccccc1F. The summed E-state index contributed by atoms with van der Waals surface area (Å²) in [6.45, 7) is 1.15. The van der Waals surface area contributed by atoms with E-state index >= 15 is 0 Å². The largest absolute Gasteiger partial charge is 0.455 e. The van der Waals surface area contributed by atoms with Crippen molar-refractivity contribution in [3.05, 3.63) is 93.4 Å². The van der Waals surface area contributed by atoms with Crippen LogP contribution in [-0.4, -0.2) is 22.8 Å². The molecule has 0 bridgehead atoms. The van der Waals surface area contributed by atoms with Gasteiger partial charge in [-0.15, -0.1) is 22.7 Å². The van der Waals surface area contributed by atoms with Gasteiger partial charge in [-0.3, -0.25) is 14.5 Å². The molecule has 4 rings (SSSR count). The zero-order chi connectivity index (χ0) is 24.1. The summed E-state index contributed by atoms with van der Waals surface area (Å²) in [6, 6.07) is 15.9. The minimum Gasteiger partial charge on any atom is -0.455 e. The van der Waals surface area contributed by atoms with Gasteiger partial charge in [-0.2, -0.15) is 0 Å². The Bertz CT molecular complexity index is 1340. The Morgan fingerprint density at radius 1 is 1.03 bits per heavy atom.